The van der Waals surface area contributed by atoms with Gasteiger partial charge >= 0.3 is 0 Å². The lowest BCUT2D eigenvalue weighted by Gasteiger charge is -2.14. The van der Waals surface area contributed by atoms with Crippen LogP contribution in [0.25, 0.3) is 0 Å². The van der Waals surface area contributed by atoms with Crippen molar-refractivity contribution in [3.8, 4) is 0 Å². The van der Waals surface area contributed by atoms with Gasteiger partial charge in [0.15, 0.2) is 0 Å². The summed E-state index contributed by atoms with van der Waals surface area (Å²) in [4.78, 5) is 2.16. The number of aryl methyl sites for hydroxylation is 2. The second-order valence-corrected chi connectivity index (χ2v) is 7.26. The first-order valence-electron chi connectivity index (χ1n) is 11.1. The molecule has 0 heterocycles. The maximum atomic E-state index is 8.74. The average molecular weight is 406 g/mol. The zero-order chi connectivity index (χ0) is 22.0. The van der Waals surface area contributed by atoms with Gasteiger partial charge in [-0.2, -0.15) is 0 Å². The van der Waals surface area contributed by atoms with E-state index >= 15 is 0 Å². The van der Waals surface area contributed by atoms with Crippen molar-refractivity contribution >= 4 is 0 Å². The van der Waals surface area contributed by atoms with Crippen molar-refractivity contribution in [2.75, 3.05) is 26.7 Å². The summed E-state index contributed by atoms with van der Waals surface area (Å²) in [5.74, 6) is 0. The van der Waals surface area contributed by atoms with Crippen LogP contribution in [0.3, 0.4) is 0 Å². The number of hydrogen-bond acceptors (Lipinski definition) is 2. The van der Waals surface area contributed by atoms with E-state index in [-0.39, 0.29) is 6.61 Å². The molecule has 0 aliphatic heterocycles. The van der Waals surface area contributed by atoms with Crippen LogP contribution in [-0.2, 0) is 12.8 Å². The molecule has 0 atom stereocenters. The molecule has 0 aromatic heterocycles. The minimum Gasteiger partial charge on any atom is -0.395 e. The number of hydrogen-bond donors (Lipinski definition) is 1. The van der Waals surface area contributed by atoms with Crippen molar-refractivity contribution in [3.63, 3.8) is 0 Å². The molecule has 2 heteroatoms. The molecule has 1 N–H and O–H groups in total. The molecule has 3 rings (SSSR count). The van der Waals surface area contributed by atoms with Gasteiger partial charge < -0.3 is 10.0 Å². The van der Waals surface area contributed by atoms with Crippen molar-refractivity contribution in [1.82, 2.24) is 4.90 Å². The number of nitrogens with zero attached hydrogens (tertiary/aromatic N) is 1. The number of benzene rings is 3. The first-order chi connectivity index (χ1) is 14.7. The standard InChI is InChI=1S/C13H21NO.C13H12.C2H6/c1-12-5-7-13(8-6-12)4-3-9-14(2)10-11-15;1-3-7-12(8-4-1)11-13-9-5-2-6-10-13;1-2/h5-8,15H,3-4,9-11H2,1-2H3;1-10H,11H2;1-2H3. The molecule has 30 heavy (non-hydrogen) atoms. The van der Waals surface area contributed by atoms with Gasteiger partial charge in [-0.3, -0.25) is 0 Å². The molecule has 0 saturated carbocycles. The fourth-order valence-electron chi connectivity index (χ4n) is 3.02. The molecule has 0 saturated heterocycles. The van der Waals surface area contributed by atoms with Crippen LogP contribution in [0.5, 0.6) is 0 Å². The number of likely N-dealkylation sites (N-methyl/N-ethyl adjacent to an activating group) is 1. The third kappa shape index (κ3) is 11.5. The molecule has 162 valence electrons. The zero-order valence-corrected chi connectivity index (χ0v) is 19.2. The predicted octanol–water partition coefficient (Wildman–Crippen LogP) is 6.16. The molecule has 0 aliphatic rings. The highest BCUT2D eigenvalue weighted by molar-refractivity contribution is 5.25. The van der Waals surface area contributed by atoms with E-state index in [0.29, 0.717) is 0 Å². The first kappa shape index (κ1) is 25.6. The highest BCUT2D eigenvalue weighted by Gasteiger charge is 1.98. The van der Waals surface area contributed by atoms with Crippen molar-refractivity contribution in [2.24, 2.45) is 0 Å². The van der Waals surface area contributed by atoms with Gasteiger partial charge in [0.2, 0.25) is 0 Å². The summed E-state index contributed by atoms with van der Waals surface area (Å²) >= 11 is 0. The topological polar surface area (TPSA) is 23.5 Å². The van der Waals surface area contributed by atoms with Gasteiger partial charge in [0.05, 0.1) is 6.61 Å². The largest absolute Gasteiger partial charge is 0.395 e. The Morgan fingerprint density at radius 2 is 1.17 bits per heavy atom. The zero-order valence-electron chi connectivity index (χ0n) is 19.2. The average Bonchev–Trinajstić information content (AvgIpc) is 2.79. The van der Waals surface area contributed by atoms with Crippen molar-refractivity contribution in [3.05, 3.63) is 107 Å². The number of aliphatic hydroxyl groups excluding tert-OH is 1. The van der Waals surface area contributed by atoms with Gasteiger partial charge in [-0.15, -0.1) is 0 Å². The Labute approximate surface area is 184 Å². The molecular formula is C28H39NO. The van der Waals surface area contributed by atoms with Gasteiger partial charge in [-0.1, -0.05) is 104 Å². The Bertz CT molecular complexity index is 716. The molecule has 0 amide bonds. The molecule has 0 unspecified atom stereocenters. The predicted molar refractivity (Wildman–Crippen MR) is 131 cm³/mol. The molecule has 3 aromatic rings. The smallest absolute Gasteiger partial charge is 0.0558 e. The SMILES string of the molecule is CC.Cc1ccc(CCCN(C)CCO)cc1.c1ccc(Cc2ccccc2)cc1. The quantitative estimate of drug-likeness (QED) is 0.485. The maximum absolute atomic E-state index is 8.74. The van der Waals surface area contributed by atoms with Crippen LogP contribution in [0.1, 0.15) is 42.5 Å². The molecule has 3 aromatic carbocycles. The summed E-state index contributed by atoms with van der Waals surface area (Å²) in [6.07, 6.45) is 3.30. The van der Waals surface area contributed by atoms with Crippen LogP contribution >= 0.6 is 0 Å². The molecule has 2 nitrogen and oxygen atoms in total. The molecule has 0 radical (unpaired) electrons. The second kappa shape index (κ2) is 16.4. The normalized spacial score (nSPS) is 9.93. The molecule has 0 spiro atoms. The lowest BCUT2D eigenvalue weighted by atomic mass is 10.1. The summed E-state index contributed by atoms with van der Waals surface area (Å²) in [5.41, 5.74) is 5.46. The Morgan fingerprint density at radius 3 is 1.63 bits per heavy atom. The van der Waals surface area contributed by atoms with E-state index < -0.39 is 0 Å². The van der Waals surface area contributed by atoms with Crippen LogP contribution in [0, 0.1) is 6.92 Å². The summed E-state index contributed by atoms with van der Waals surface area (Å²) in [6, 6.07) is 29.8. The lowest BCUT2D eigenvalue weighted by molar-refractivity contribution is 0.220. The van der Waals surface area contributed by atoms with E-state index in [1.807, 2.05) is 20.9 Å². The van der Waals surface area contributed by atoms with Gasteiger partial charge in [-0.05, 0) is 56.5 Å². The van der Waals surface area contributed by atoms with Crippen LogP contribution in [0.15, 0.2) is 84.9 Å². The molecule has 0 bridgehead atoms. The van der Waals surface area contributed by atoms with Crippen LogP contribution < -0.4 is 0 Å². The Balaban J connectivity index is 0.000000279. The van der Waals surface area contributed by atoms with E-state index in [2.05, 4.69) is 96.8 Å². The van der Waals surface area contributed by atoms with E-state index in [1.54, 1.807) is 0 Å². The highest BCUT2D eigenvalue weighted by atomic mass is 16.3. The van der Waals surface area contributed by atoms with Crippen molar-refractivity contribution < 1.29 is 5.11 Å². The van der Waals surface area contributed by atoms with Gasteiger partial charge in [0, 0.05) is 6.54 Å². The number of aliphatic hydroxyl groups is 1. The Hall–Kier alpha value is -2.42. The van der Waals surface area contributed by atoms with Crippen LogP contribution in [0.4, 0.5) is 0 Å². The minimum absolute atomic E-state index is 0.251. The summed E-state index contributed by atoms with van der Waals surface area (Å²) < 4.78 is 0. The van der Waals surface area contributed by atoms with Gasteiger partial charge in [-0.25, -0.2) is 0 Å². The fraction of sp³-hybridized carbons (Fsp3) is 0.357. The fourth-order valence-corrected chi connectivity index (χ4v) is 3.02. The monoisotopic (exact) mass is 405 g/mol. The molecule has 0 aliphatic carbocycles. The number of rotatable bonds is 8. The van der Waals surface area contributed by atoms with E-state index in [9.17, 15) is 0 Å². The summed E-state index contributed by atoms with van der Waals surface area (Å²) in [7, 11) is 2.05. The highest BCUT2D eigenvalue weighted by Crippen LogP contribution is 2.08. The molecule has 0 fully saturated rings. The minimum atomic E-state index is 0.251. The lowest BCUT2D eigenvalue weighted by Crippen LogP contribution is -2.23. The van der Waals surface area contributed by atoms with E-state index in [1.165, 1.54) is 22.3 Å². The van der Waals surface area contributed by atoms with Crippen LogP contribution in [-0.4, -0.2) is 36.8 Å². The second-order valence-electron chi connectivity index (χ2n) is 7.26. The first-order valence-corrected chi connectivity index (χ1v) is 11.1. The summed E-state index contributed by atoms with van der Waals surface area (Å²) in [6.45, 7) is 8.18. The Kier molecular flexibility index (Phi) is 14.0. The third-order valence-corrected chi connectivity index (χ3v) is 4.70. The van der Waals surface area contributed by atoms with E-state index in [4.69, 9.17) is 5.11 Å². The van der Waals surface area contributed by atoms with E-state index in [0.717, 1.165) is 32.4 Å². The summed E-state index contributed by atoms with van der Waals surface area (Å²) in [5, 5.41) is 8.74. The van der Waals surface area contributed by atoms with Gasteiger partial charge in [0.25, 0.3) is 0 Å². The van der Waals surface area contributed by atoms with Gasteiger partial charge in [0.1, 0.15) is 0 Å². The Morgan fingerprint density at radius 1 is 0.667 bits per heavy atom. The third-order valence-electron chi connectivity index (χ3n) is 4.70. The molecular weight excluding hydrogens is 366 g/mol. The van der Waals surface area contributed by atoms with Crippen molar-refractivity contribution in [1.29, 1.82) is 0 Å². The maximum Gasteiger partial charge on any atom is 0.0558 e. The van der Waals surface area contributed by atoms with Crippen LogP contribution in [0.2, 0.25) is 0 Å². The van der Waals surface area contributed by atoms with Crippen molar-refractivity contribution in [2.45, 2.75) is 40.0 Å².